The fraction of sp³-hybridized carbons (Fsp3) is 0.556. The molecule has 1 aromatic carbocycles. The highest BCUT2D eigenvalue weighted by Crippen LogP contribution is 2.14. The van der Waals surface area contributed by atoms with E-state index in [4.69, 9.17) is 0 Å². The molecule has 0 aromatic heterocycles. The lowest BCUT2D eigenvalue weighted by atomic mass is 9.99. The fourth-order valence-corrected chi connectivity index (χ4v) is 2.62. The number of halogens is 1. The Balaban J connectivity index is 0.00000288. The van der Waals surface area contributed by atoms with Crippen LogP contribution in [-0.2, 0) is 16.1 Å². The van der Waals surface area contributed by atoms with Crippen molar-refractivity contribution in [3.63, 3.8) is 0 Å². The number of hydrogen-bond donors (Lipinski definition) is 3. The number of hydrogen-bond acceptors (Lipinski definition) is 3. The third-order valence-electron chi connectivity index (χ3n) is 4.39. The molecule has 1 aromatic rings. The molecule has 1 aliphatic heterocycles. The molecular formula is C18H28ClN3O2. The number of carbonyl (C=O) groups is 2. The molecule has 1 heterocycles. The van der Waals surface area contributed by atoms with Gasteiger partial charge in [-0.3, -0.25) is 9.59 Å². The summed E-state index contributed by atoms with van der Waals surface area (Å²) in [6.07, 6.45) is 2.82. The highest BCUT2D eigenvalue weighted by molar-refractivity contribution is 5.92. The smallest absolute Gasteiger partial charge is 0.227 e. The monoisotopic (exact) mass is 353 g/mol. The maximum atomic E-state index is 12.1. The van der Waals surface area contributed by atoms with Crippen LogP contribution >= 0.6 is 12.4 Å². The highest BCUT2D eigenvalue weighted by atomic mass is 35.5. The number of rotatable bonds is 6. The number of benzene rings is 1. The molecule has 0 bridgehead atoms. The fourth-order valence-electron chi connectivity index (χ4n) is 2.62. The zero-order chi connectivity index (χ0) is 16.7. The Labute approximate surface area is 150 Å². The average Bonchev–Trinajstić information content (AvgIpc) is 2.60. The first-order chi connectivity index (χ1) is 11.1. The second-order valence-electron chi connectivity index (χ2n) is 6.26. The highest BCUT2D eigenvalue weighted by Gasteiger charge is 2.20. The third-order valence-corrected chi connectivity index (χ3v) is 4.39. The van der Waals surface area contributed by atoms with E-state index in [1.165, 1.54) is 0 Å². The van der Waals surface area contributed by atoms with Gasteiger partial charge in [0.25, 0.3) is 0 Å². The largest absolute Gasteiger partial charge is 0.352 e. The first-order valence-electron chi connectivity index (χ1n) is 8.48. The molecule has 2 rings (SSSR count). The third kappa shape index (κ3) is 6.13. The van der Waals surface area contributed by atoms with E-state index >= 15 is 0 Å². The van der Waals surface area contributed by atoms with Crippen molar-refractivity contribution in [1.82, 2.24) is 10.6 Å². The molecule has 6 heteroatoms. The summed E-state index contributed by atoms with van der Waals surface area (Å²) in [6.45, 7) is 6.16. The summed E-state index contributed by atoms with van der Waals surface area (Å²) < 4.78 is 0. The van der Waals surface area contributed by atoms with Gasteiger partial charge in [0, 0.05) is 24.7 Å². The summed E-state index contributed by atoms with van der Waals surface area (Å²) in [5.74, 6) is 0.197. The molecule has 2 amide bonds. The van der Waals surface area contributed by atoms with Gasteiger partial charge in [-0.15, -0.1) is 12.4 Å². The van der Waals surface area contributed by atoms with Crippen LogP contribution in [0.25, 0.3) is 0 Å². The van der Waals surface area contributed by atoms with Gasteiger partial charge in [0.05, 0.1) is 5.92 Å². The second-order valence-corrected chi connectivity index (χ2v) is 6.26. The lowest BCUT2D eigenvalue weighted by molar-refractivity contribution is -0.125. The molecule has 2 atom stereocenters. The van der Waals surface area contributed by atoms with E-state index in [1.54, 1.807) is 0 Å². The molecular weight excluding hydrogens is 326 g/mol. The molecule has 2 unspecified atom stereocenters. The second kappa shape index (κ2) is 10.3. The summed E-state index contributed by atoms with van der Waals surface area (Å²) in [5.41, 5.74) is 1.77. The predicted octanol–water partition coefficient (Wildman–Crippen LogP) is 2.71. The van der Waals surface area contributed by atoms with Crippen LogP contribution in [0.5, 0.6) is 0 Å². The van der Waals surface area contributed by atoms with E-state index in [2.05, 4.69) is 16.0 Å². The Morgan fingerprint density at radius 3 is 2.83 bits per heavy atom. The zero-order valence-electron chi connectivity index (χ0n) is 14.4. The molecule has 5 nitrogen and oxygen atoms in total. The van der Waals surface area contributed by atoms with E-state index in [9.17, 15) is 9.59 Å². The van der Waals surface area contributed by atoms with Gasteiger partial charge in [0.15, 0.2) is 0 Å². The van der Waals surface area contributed by atoms with Crippen LogP contribution in [0.15, 0.2) is 24.3 Å². The molecule has 1 fully saturated rings. The van der Waals surface area contributed by atoms with Gasteiger partial charge in [-0.25, -0.2) is 0 Å². The van der Waals surface area contributed by atoms with Gasteiger partial charge in [-0.2, -0.15) is 0 Å². The number of carbonyl (C=O) groups excluding carboxylic acids is 2. The maximum absolute atomic E-state index is 12.1. The van der Waals surface area contributed by atoms with Crippen LogP contribution in [-0.4, -0.2) is 24.9 Å². The molecule has 1 saturated heterocycles. The van der Waals surface area contributed by atoms with Gasteiger partial charge >= 0.3 is 0 Å². The normalized spacial score (nSPS) is 18.2. The average molecular weight is 354 g/mol. The molecule has 0 spiro atoms. The summed E-state index contributed by atoms with van der Waals surface area (Å²) in [4.78, 5) is 24.1. The first kappa shape index (κ1) is 20.5. The minimum Gasteiger partial charge on any atom is -0.352 e. The maximum Gasteiger partial charge on any atom is 0.227 e. The Hall–Kier alpha value is -1.59. The molecule has 1 aliphatic rings. The summed E-state index contributed by atoms with van der Waals surface area (Å²) in [5, 5.41) is 9.17. The van der Waals surface area contributed by atoms with Gasteiger partial charge in [0.2, 0.25) is 11.8 Å². The number of anilines is 1. The Morgan fingerprint density at radius 2 is 2.17 bits per heavy atom. The minimum absolute atomic E-state index is 0. The van der Waals surface area contributed by atoms with E-state index in [0.29, 0.717) is 6.54 Å². The van der Waals surface area contributed by atoms with Crippen LogP contribution in [0.2, 0.25) is 0 Å². The van der Waals surface area contributed by atoms with Gasteiger partial charge in [-0.1, -0.05) is 26.0 Å². The van der Waals surface area contributed by atoms with E-state index in [0.717, 1.165) is 43.6 Å². The molecule has 0 saturated carbocycles. The summed E-state index contributed by atoms with van der Waals surface area (Å²) in [7, 11) is 0. The van der Waals surface area contributed by atoms with Gasteiger partial charge < -0.3 is 16.0 Å². The summed E-state index contributed by atoms with van der Waals surface area (Å²) >= 11 is 0. The Morgan fingerprint density at radius 1 is 1.38 bits per heavy atom. The molecule has 24 heavy (non-hydrogen) atoms. The Bertz CT molecular complexity index is 545. The minimum atomic E-state index is -0.00263. The quantitative estimate of drug-likeness (QED) is 0.736. The SMILES string of the molecule is CCC(C)C(=O)Nc1cccc(CNC(=O)C2CCCNC2)c1.Cl. The predicted molar refractivity (Wildman–Crippen MR) is 99.2 cm³/mol. The topological polar surface area (TPSA) is 70.2 Å². The number of nitrogens with one attached hydrogen (secondary N) is 3. The van der Waals surface area contributed by atoms with Gasteiger partial charge in [-0.05, 0) is 43.5 Å². The van der Waals surface area contributed by atoms with Crippen LogP contribution < -0.4 is 16.0 Å². The van der Waals surface area contributed by atoms with Crippen LogP contribution in [0, 0.1) is 11.8 Å². The van der Waals surface area contributed by atoms with Crippen molar-refractivity contribution in [2.24, 2.45) is 11.8 Å². The van der Waals surface area contributed by atoms with Crippen LogP contribution in [0.3, 0.4) is 0 Å². The van der Waals surface area contributed by atoms with Crippen molar-refractivity contribution < 1.29 is 9.59 Å². The zero-order valence-corrected chi connectivity index (χ0v) is 15.2. The van der Waals surface area contributed by atoms with Crippen molar-refractivity contribution in [3.8, 4) is 0 Å². The van der Waals surface area contributed by atoms with Crippen molar-refractivity contribution in [2.75, 3.05) is 18.4 Å². The lowest BCUT2D eigenvalue weighted by Crippen LogP contribution is -2.40. The van der Waals surface area contributed by atoms with Crippen LogP contribution in [0.1, 0.15) is 38.7 Å². The molecule has 134 valence electrons. The lowest BCUT2D eigenvalue weighted by Gasteiger charge is -2.22. The van der Waals surface area contributed by atoms with Crippen molar-refractivity contribution >= 4 is 29.9 Å². The Kier molecular flexibility index (Phi) is 8.79. The van der Waals surface area contributed by atoms with Crippen molar-refractivity contribution in [1.29, 1.82) is 0 Å². The van der Waals surface area contributed by atoms with Gasteiger partial charge in [0.1, 0.15) is 0 Å². The standard InChI is InChI=1S/C18H27N3O2.ClH/c1-3-13(2)17(22)21-16-8-4-6-14(10-16)11-20-18(23)15-7-5-9-19-12-15;/h4,6,8,10,13,15,19H,3,5,7,9,11-12H2,1-2H3,(H,20,23)(H,21,22);1H. The van der Waals surface area contributed by atoms with Crippen LogP contribution in [0.4, 0.5) is 5.69 Å². The summed E-state index contributed by atoms with van der Waals surface area (Å²) in [6, 6.07) is 7.64. The number of amides is 2. The van der Waals surface area contributed by atoms with Crippen molar-refractivity contribution in [2.45, 2.75) is 39.7 Å². The van der Waals surface area contributed by atoms with E-state index in [-0.39, 0.29) is 36.1 Å². The number of piperidine rings is 1. The van der Waals surface area contributed by atoms with E-state index in [1.807, 2.05) is 38.1 Å². The first-order valence-corrected chi connectivity index (χ1v) is 8.48. The molecule has 0 radical (unpaired) electrons. The molecule has 0 aliphatic carbocycles. The molecule has 3 N–H and O–H groups in total. The van der Waals surface area contributed by atoms with E-state index < -0.39 is 0 Å². The van der Waals surface area contributed by atoms with Crippen molar-refractivity contribution in [3.05, 3.63) is 29.8 Å².